The molecule has 20 heavy (non-hydrogen) atoms. The van der Waals surface area contributed by atoms with E-state index in [1.807, 2.05) is 0 Å². The van der Waals surface area contributed by atoms with Crippen molar-refractivity contribution < 1.29 is 9.13 Å². The molecule has 0 saturated carbocycles. The van der Waals surface area contributed by atoms with Crippen LogP contribution in [0.3, 0.4) is 0 Å². The van der Waals surface area contributed by atoms with E-state index in [-0.39, 0.29) is 0 Å². The normalized spacial score (nSPS) is 12.2. The van der Waals surface area contributed by atoms with Crippen LogP contribution >= 0.6 is 23.2 Å². The second kappa shape index (κ2) is 6.41. The molecule has 3 nitrogen and oxygen atoms in total. The van der Waals surface area contributed by atoms with Gasteiger partial charge in [-0.05, 0) is 29.8 Å². The third kappa shape index (κ3) is 3.04. The topological polar surface area (TPSA) is 47.3 Å². The van der Waals surface area contributed by atoms with Gasteiger partial charge in [-0.1, -0.05) is 29.3 Å². The lowest BCUT2D eigenvalue weighted by Crippen LogP contribution is -2.29. The maximum Gasteiger partial charge on any atom is 0.132 e. The van der Waals surface area contributed by atoms with Gasteiger partial charge >= 0.3 is 0 Å². The maximum absolute atomic E-state index is 14.1. The van der Waals surface area contributed by atoms with Gasteiger partial charge in [0.15, 0.2) is 0 Å². The fourth-order valence-electron chi connectivity index (χ4n) is 1.95. The number of ether oxygens (including phenoxy) is 1. The number of rotatable bonds is 4. The summed E-state index contributed by atoms with van der Waals surface area (Å²) in [7, 11) is 1.47. The van der Waals surface area contributed by atoms with E-state index >= 15 is 0 Å². The Balaban J connectivity index is 2.49. The number of hydrogen-bond donors (Lipinski definition) is 2. The maximum atomic E-state index is 14.1. The quantitative estimate of drug-likeness (QED) is 0.668. The van der Waals surface area contributed by atoms with Crippen molar-refractivity contribution in [1.82, 2.24) is 5.43 Å². The molecule has 6 heteroatoms. The van der Waals surface area contributed by atoms with Crippen LogP contribution < -0.4 is 16.0 Å². The van der Waals surface area contributed by atoms with Crippen molar-refractivity contribution in [2.24, 2.45) is 5.84 Å². The van der Waals surface area contributed by atoms with Crippen LogP contribution in [0.5, 0.6) is 5.75 Å². The molecule has 2 rings (SSSR count). The molecule has 0 aliphatic carbocycles. The molecule has 3 N–H and O–H groups in total. The molecule has 2 aromatic rings. The predicted octanol–water partition coefficient (Wildman–Crippen LogP) is 3.69. The van der Waals surface area contributed by atoms with Crippen molar-refractivity contribution in [2.45, 2.75) is 6.04 Å². The van der Waals surface area contributed by atoms with E-state index in [1.54, 1.807) is 30.3 Å². The summed E-state index contributed by atoms with van der Waals surface area (Å²) in [6.45, 7) is 0. The fraction of sp³-hybridized carbons (Fsp3) is 0.143. The molecule has 0 heterocycles. The number of nitrogens with one attached hydrogen (secondary N) is 1. The summed E-state index contributed by atoms with van der Waals surface area (Å²) in [5.41, 5.74) is 3.52. The smallest absolute Gasteiger partial charge is 0.132 e. The summed E-state index contributed by atoms with van der Waals surface area (Å²) >= 11 is 12.1. The molecule has 0 aromatic heterocycles. The van der Waals surface area contributed by atoms with Crippen molar-refractivity contribution in [3.05, 3.63) is 63.4 Å². The van der Waals surface area contributed by atoms with Crippen molar-refractivity contribution in [3.8, 4) is 5.75 Å². The van der Waals surface area contributed by atoms with Gasteiger partial charge in [0.1, 0.15) is 11.6 Å². The first-order valence-electron chi connectivity index (χ1n) is 5.81. The molecule has 0 aliphatic heterocycles. The first kappa shape index (κ1) is 15.1. The van der Waals surface area contributed by atoms with Gasteiger partial charge in [0, 0.05) is 21.7 Å². The number of nitrogens with two attached hydrogens (primary N) is 1. The second-order valence-electron chi connectivity index (χ2n) is 4.15. The monoisotopic (exact) mass is 314 g/mol. The number of hydrogen-bond acceptors (Lipinski definition) is 3. The number of halogens is 3. The minimum Gasteiger partial charge on any atom is -0.497 e. The van der Waals surface area contributed by atoms with Crippen LogP contribution in [0.4, 0.5) is 4.39 Å². The average molecular weight is 315 g/mol. The highest BCUT2D eigenvalue weighted by atomic mass is 35.5. The SMILES string of the molecule is COc1ccc(C(NN)c2cc(Cl)ccc2Cl)c(F)c1. The van der Waals surface area contributed by atoms with Crippen molar-refractivity contribution in [3.63, 3.8) is 0 Å². The van der Waals surface area contributed by atoms with Crippen LogP contribution in [0.25, 0.3) is 0 Å². The summed E-state index contributed by atoms with van der Waals surface area (Å²) in [6, 6.07) is 8.89. The largest absolute Gasteiger partial charge is 0.497 e. The summed E-state index contributed by atoms with van der Waals surface area (Å²) in [4.78, 5) is 0. The Hall–Kier alpha value is -1.33. The molecule has 1 unspecified atom stereocenters. The van der Waals surface area contributed by atoms with Crippen LogP contribution in [-0.2, 0) is 0 Å². The van der Waals surface area contributed by atoms with E-state index in [2.05, 4.69) is 5.43 Å². The van der Waals surface area contributed by atoms with Gasteiger partial charge < -0.3 is 4.74 Å². The third-order valence-corrected chi connectivity index (χ3v) is 3.53. The van der Waals surface area contributed by atoms with E-state index in [9.17, 15) is 4.39 Å². The lowest BCUT2D eigenvalue weighted by atomic mass is 9.98. The highest BCUT2D eigenvalue weighted by molar-refractivity contribution is 6.33. The molecule has 0 saturated heterocycles. The standard InChI is InChI=1S/C14H13Cl2FN2O/c1-20-9-3-4-10(13(17)7-9)14(19-18)11-6-8(15)2-5-12(11)16/h2-7,14,19H,18H2,1H3. The van der Waals surface area contributed by atoms with E-state index in [0.717, 1.165) is 0 Å². The summed E-state index contributed by atoms with van der Waals surface area (Å²) < 4.78 is 19.1. The summed E-state index contributed by atoms with van der Waals surface area (Å²) in [6.07, 6.45) is 0. The fourth-order valence-corrected chi connectivity index (χ4v) is 2.36. The predicted molar refractivity (Wildman–Crippen MR) is 78.6 cm³/mol. The first-order chi connectivity index (χ1) is 9.56. The van der Waals surface area contributed by atoms with Gasteiger partial charge in [0.2, 0.25) is 0 Å². The average Bonchev–Trinajstić information content (AvgIpc) is 2.44. The third-order valence-electron chi connectivity index (χ3n) is 2.95. The van der Waals surface area contributed by atoms with E-state index in [4.69, 9.17) is 33.8 Å². The molecule has 0 radical (unpaired) electrons. The Morgan fingerprint density at radius 1 is 1.15 bits per heavy atom. The van der Waals surface area contributed by atoms with Gasteiger partial charge in [0.25, 0.3) is 0 Å². The van der Waals surface area contributed by atoms with Crippen molar-refractivity contribution in [2.75, 3.05) is 7.11 Å². The molecule has 0 fully saturated rings. The molecule has 2 aromatic carbocycles. The highest BCUT2D eigenvalue weighted by Gasteiger charge is 2.20. The van der Waals surface area contributed by atoms with Gasteiger partial charge in [-0.2, -0.15) is 0 Å². The summed E-state index contributed by atoms with van der Waals surface area (Å²) in [5.74, 6) is 5.53. The van der Waals surface area contributed by atoms with E-state index in [1.165, 1.54) is 13.2 Å². The molecule has 0 amide bonds. The first-order valence-corrected chi connectivity index (χ1v) is 6.57. The van der Waals surface area contributed by atoms with Crippen LogP contribution in [0.1, 0.15) is 17.2 Å². The zero-order chi connectivity index (χ0) is 14.7. The van der Waals surface area contributed by atoms with Gasteiger partial charge in [-0.15, -0.1) is 0 Å². The Morgan fingerprint density at radius 3 is 2.50 bits per heavy atom. The Kier molecular flexibility index (Phi) is 4.83. The molecule has 0 spiro atoms. The Labute approximate surface area is 126 Å². The molecule has 106 valence electrons. The van der Waals surface area contributed by atoms with Crippen LogP contribution in [0.2, 0.25) is 10.0 Å². The minimum atomic E-state index is -0.605. The lowest BCUT2D eigenvalue weighted by Gasteiger charge is -2.19. The zero-order valence-corrected chi connectivity index (χ0v) is 12.2. The number of methoxy groups -OCH3 is 1. The van der Waals surface area contributed by atoms with Gasteiger partial charge in [-0.25, -0.2) is 9.82 Å². The zero-order valence-electron chi connectivity index (χ0n) is 10.7. The van der Waals surface area contributed by atoms with Crippen molar-refractivity contribution >= 4 is 23.2 Å². The Morgan fingerprint density at radius 2 is 1.90 bits per heavy atom. The van der Waals surface area contributed by atoms with Crippen LogP contribution in [0.15, 0.2) is 36.4 Å². The minimum absolute atomic E-state index is 0.359. The highest BCUT2D eigenvalue weighted by Crippen LogP contribution is 2.32. The van der Waals surface area contributed by atoms with E-state index in [0.29, 0.717) is 26.9 Å². The molecule has 0 bridgehead atoms. The molecular formula is C14H13Cl2FN2O. The molecular weight excluding hydrogens is 302 g/mol. The van der Waals surface area contributed by atoms with Crippen molar-refractivity contribution in [1.29, 1.82) is 0 Å². The second-order valence-corrected chi connectivity index (χ2v) is 5.00. The van der Waals surface area contributed by atoms with Crippen LogP contribution in [0, 0.1) is 5.82 Å². The lowest BCUT2D eigenvalue weighted by molar-refractivity contribution is 0.410. The van der Waals surface area contributed by atoms with E-state index < -0.39 is 11.9 Å². The summed E-state index contributed by atoms with van der Waals surface area (Å²) in [5, 5.41) is 0.950. The van der Waals surface area contributed by atoms with Gasteiger partial charge in [0.05, 0.1) is 13.2 Å². The Bertz CT molecular complexity index is 622. The number of hydrazine groups is 1. The van der Waals surface area contributed by atoms with Crippen LogP contribution in [-0.4, -0.2) is 7.11 Å². The molecule has 1 atom stereocenters. The van der Waals surface area contributed by atoms with Gasteiger partial charge in [-0.3, -0.25) is 5.84 Å². The molecule has 0 aliphatic rings. The number of benzene rings is 2.